The van der Waals surface area contributed by atoms with Crippen LogP contribution >= 0.6 is 15.9 Å². The van der Waals surface area contributed by atoms with Crippen LogP contribution in [-0.4, -0.2) is 39.8 Å². The van der Waals surface area contributed by atoms with Gasteiger partial charge in [-0.25, -0.2) is 0 Å². The van der Waals surface area contributed by atoms with Crippen LogP contribution in [0.2, 0.25) is 0 Å². The van der Waals surface area contributed by atoms with E-state index in [0.29, 0.717) is 23.7 Å². The third-order valence-corrected chi connectivity index (χ3v) is 9.43. The molecule has 3 fully saturated rings. The average Bonchev–Trinajstić information content (AvgIpc) is 3.15. The largest absolute Gasteiger partial charge is 0.461 e. The molecule has 0 aromatic heterocycles. The summed E-state index contributed by atoms with van der Waals surface area (Å²) in [5.41, 5.74) is 3.78. The number of carbonyl (C=O) groups is 1. The van der Waals surface area contributed by atoms with E-state index < -0.39 is 5.60 Å². The molecule has 0 bridgehead atoms. The topological polar surface area (TPSA) is 66.8 Å². The summed E-state index contributed by atoms with van der Waals surface area (Å²) in [6.07, 6.45) is 18.1. The molecule has 35 heavy (non-hydrogen) atoms. The van der Waals surface area contributed by atoms with Gasteiger partial charge in [0, 0.05) is 0 Å². The molecule has 0 spiro atoms. The quantitative estimate of drug-likeness (QED) is 0.238. The Bertz CT molecular complexity index is 821. The minimum absolute atomic E-state index is 0.211. The first-order valence-electron chi connectivity index (χ1n) is 13.7. The van der Waals surface area contributed by atoms with E-state index in [1.54, 1.807) is 5.57 Å². The summed E-state index contributed by atoms with van der Waals surface area (Å²) in [7, 11) is 0. The predicted octanol–water partition coefficient (Wildman–Crippen LogP) is 7.04. The molecular weight excluding hydrogens is 504 g/mol. The molecule has 3 aliphatic rings. The predicted molar refractivity (Wildman–Crippen MR) is 146 cm³/mol. The number of rotatable bonds is 9. The maximum absolute atomic E-state index is 11.5. The van der Waals surface area contributed by atoms with Gasteiger partial charge in [0.2, 0.25) is 0 Å². The van der Waals surface area contributed by atoms with Gasteiger partial charge in [0.1, 0.15) is 11.9 Å². The maximum Gasteiger partial charge on any atom is 0.316 e. The molecule has 0 amide bonds. The van der Waals surface area contributed by atoms with Crippen molar-refractivity contribution in [2.24, 2.45) is 23.2 Å². The second-order valence-corrected chi connectivity index (χ2v) is 12.7. The summed E-state index contributed by atoms with van der Waals surface area (Å²) in [5, 5.41) is 20.6. The van der Waals surface area contributed by atoms with Crippen molar-refractivity contribution in [2.75, 3.05) is 11.9 Å². The highest BCUT2D eigenvalue weighted by molar-refractivity contribution is 9.09. The number of allylic oxidation sites excluding steroid dienone is 4. The van der Waals surface area contributed by atoms with Gasteiger partial charge in [-0.05, 0) is 112 Å². The second-order valence-electron chi connectivity index (χ2n) is 12.2. The van der Waals surface area contributed by atoms with Crippen molar-refractivity contribution in [3.05, 3.63) is 34.9 Å². The zero-order valence-electron chi connectivity index (χ0n) is 22.3. The molecule has 0 aromatic rings. The molecule has 0 unspecified atom stereocenters. The van der Waals surface area contributed by atoms with Gasteiger partial charge in [-0.2, -0.15) is 0 Å². The number of alkyl halides is 1. The number of aliphatic hydroxyl groups is 2. The smallest absolute Gasteiger partial charge is 0.316 e. The maximum atomic E-state index is 11.5. The van der Waals surface area contributed by atoms with Crippen molar-refractivity contribution in [3.8, 4) is 0 Å². The number of halogens is 1. The lowest BCUT2D eigenvalue weighted by Crippen LogP contribution is -2.36. The number of hydrogen-bond acceptors (Lipinski definition) is 4. The lowest BCUT2D eigenvalue weighted by atomic mass is 9.60. The number of esters is 1. The zero-order valence-corrected chi connectivity index (χ0v) is 23.9. The Hall–Kier alpha value is -0.910. The lowest BCUT2D eigenvalue weighted by Gasteiger charge is -2.44. The molecule has 3 saturated carbocycles. The van der Waals surface area contributed by atoms with Gasteiger partial charge < -0.3 is 14.9 Å². The minimum Gasteiger partial charge on any atom is -0.461 e. The molecule has 198 valence electrons. The van der Waals surface area contributed by atoms with Gasteiger partial charge in [-0.15, -0.1) is 0 Å². The Morgan fingerprint density at radius 1 is 1.23 bits per heavy atom. The highest BCUT2D eigenvalue weighted by Crippen LogP contribution is 2.60. The first kappa shape index (κ1) is 28.7. The second kappa shape index (κ2) is 12.6. The highest BCUT2D eigenvalue weighted by Gasteiger charge is 2.50. The summed E-state index contributed by atoms with van der Waals surface area (Å²) in [4.78, 5) is 11.5. The fourth-order valence-corrected chi connectivity index (χ4v) is 7.29. The van der Waals surface area contributed by atoms with Crippen LogP contribution in [0.25, 0.3) is 0 Å². The van der Waals surface area contributed by atoms with Gasteiger partial charge in [0.05, 0.1) is 11.7 Å². The Morgan fingerprint density at radius 2 is 2.00 bits per heavy atom. The van der Waals surface area contributed by atoms with E-state index >= 15 is 0 Å². The van der Waals surface area contributed by atoms with Crippen molar-refractivity contribution in [3.63, 3.8) is 0 Å². The molecule has 3 rings (SSSR count). The van der Waals surface area contributed by atoms with E-state index in [2.05, 4.69) is 41.9 Å². The Labute approximate surface area is 221 Å². The molecule has 0 radical (unpaired) electrons. The fraction of sp³-hybridized carbons (Fsp3) is 0.767. The first-order chi connectivity index (χ1) is 16.5. The number of carbonyl (C=O) groups excluding carboxylic acids is 1. The van der Waals surface area contributed by atoms with E-state index in [-0.39, 0.29) is 24.0 Å². The van der Waals surface area contributed by atoms with E-state index in [1.165, 1.54) is 49.7 Å². The molecule has 2 N–H and O–H groups in total. The van der Waals surface area contributed by atoms with Crippen LogP contribution in [0.4, 0.5) is 0 Å². The molecule has 3 aliphatic carbocycles. The SMILES string of the molecule is C[C@H](CCCC(C)(C)O)[C@H]1CC[C@H]2/C(=C/C=C3/C[C@@H](O)CC/C3=C\COC(=O)CBr)CCC[C@]12C. The molecule has 0 aliphatic heterocycles. The van der Waals surface area contributed by atoms with Crippen molar-refractivity contribution >= 4 is 21.9 Å². The Kier molecular flexibility index (Phi) is 10.3. The van der Waals surface area contributed by atoms with Crippen molar-refractivity contribution in [1.29, 1.82) is 0 Å². The lowest BCUT2D eigenvalue weighted by molar-refractivity contribution is -0.139. The molecular formula is C30H47BrO4. The average molecular weight is 552 g/mol. The molecule has 4 nitrogen and oxygen atoms in total. The van der Waals surface area contributed by atoms with Crippen LogP contribution in [0.5, 0.6) is 0 Å². The van der Waals surface area contributed by atoms with Crippen molar-refractivity contribution < 1.29 is 19.7 Å². The van der Waals surface area contributed by atoms with E-state index in [1.807, 2.05) is 19.9 Å². The number of aliphatic hydroxyl groups excluding tert-OH is 1. The third-order valence-electron chi connectivity index (χ3n) is 8.97. The van der Waals surface area contributed by atoms with Crippen LogP contribution in [-0.2, 0) is 9.53 Å². The van der Waals surface area contributed by atoms with Crippen LogP contribution in [0, 0.1) is 23.2 Å². The van der Waals surface area contributed by atoms with Crippen LogP contribution < -0.4 is 0 Å². The normalized spacial score (nSPS) is 33.8. The Morgan fingerprint density at radius 3 is 2.71 bits per heavy atom. The fourth-order valence-electron chi connectivity index (χ4n) is 7.13. The van der Waals surface area contributed by atoms with Crippen LogP contribution in [0.3, 0.4) is 0 Å². The monoisotopic (exact) mass is 550 g/mol. The number of ether oxygens (including phenoxy) is 1. The number of fused-ring (bicyclic) bond motifs is 1. The third kappa shape index (κ3) is 7.79. The van der Waals surface area contributed by atoms with Gasteiger partial charge in [-0.3, -0.25) is 4.79 Å². The van der Waals surface area contributed by atoms with E-state index in [9.17, 15) is 15.0 Å². The summed E-state index contributed by atoms with van der Waals surface area (Å²) in [6.45, 7) is 9.09. The van der Waals surface area contributed by atoms with Crippen molar-refractivity contribution in [2.45, 2.75) is 110 Å². The van der Waals surface area contributed by atoms with Crippen LogP contribution in [0.1, 0.15) is 98.3 Å². The summed E-state index contributed by atoms with van der Waals surface area (Å²) in [5.74, 6) is 1.84. The molecule has 5 atom stereocenters. The summed E-state index contributed by atoms with van der Waals surface area (Å²) in [6, 6.07) is 0. The summed E-state index contributed by atoms with van der Waals surface area (Å²) < 4.78 is 5.23. The Balaban J connectivity index is 1.71. The molecule has 0 saturated heterocycles. The minimum atomic E-state index is -0.564. The standard InChI is InChI=1S/C30H47BrO4/c1-21(7-5-16-29(2,3)34)26-13-14-27-23(8-6-17-30(26,27)4)9-10-24-19-25(32)12-11-22(24)15-18-35-28(33)20-31/h9-10,15,21,25-27,32,34H,5-8,11-14,16-20H2,1-4H3/b22-15+,23-9+,24-10-/t21-,25+,26-,27+,30-/m1/s1. The van der Waals surface area contributed by atoms with Crippen molar-refractivity contribution in [1.82, 2.24) is 0 Å². The molecule has 0 heterocycles. The number of hydrogen-bond donors (Lipinski definition) is 2. The first-order valence-corrected chi connectivity index (χ1v) is 14.9. The molecule has 5 heteroatoms. The molecule has 0 aromatic carbocycles. The van der Waals surface area contributed by atoms with Gasteiger partial charge in [0.15, 0.2) is 0 Å². The highest BCUT2D eigenvalue weighted by atomic mass is 79.9. The van der Waals surface area contributed by atoms with E-state index in [4.69, 9.17) is 4.74 Å². The van der Waals surface area contributed by atoms with Gasteiger partial charge >= 0.3 is 5.97 Å². The summed E-state index contributed by atoms with van der Waals surface area (Å²) >= 11 is 3.13. The zero-order chi connectivity index (χ0) is 25.6. The van der Waals surface area contributed by atoms with Crippen LogP contribution in [0.15, 0.2) is 34.9 Å². The van der Waals surface area contributed by atoms with E-state index in [0.717, 1.165) is 31.6 Å². The van der Waals surface area contributed by atoms with Gasteiger partial charge in [0.25, 0.3) is 0 Å². The van der Waals surface area contributed by atoms with Gasteiger partial charge in [-0.1, -0.05) is 60.3 Å².